The molecule has 1 N–H and O–H groups in total. The molecular formula is C23H21N3O2S. The summed E-state index contributed by atoms with van der Waals surface area (Å²) in [5.41, 5.74) is 3.24. The standard InChI is InChI=1S/C23H21N3O2S/c1-3-13-26-19-10-5-4-9-18(19)25-22(26)20-11-12-21(29-20)23(28)24-17-8-6-7-16(14-17)15(2)27/h4-12,14H,3,13H2,1-2H3,(H,24,28). The summed E-state index contributed by atoms with van der Waals surface area (Å²) in [6, 6.07) is 18.8. The Bertz CT molecular complexity index is 1210. The zero-order valence-corrected chi connectivity index (χ0v) is 17.1. The van der Waals surface area contributed by atoms with Gasteiger partial charge in [0.15, 0.2) is 11.6 Å². The zero-order valence-electron chi connectivity index (χ0n) is 16.3. The number of para-hydroxylation sites is 2. The highest BCUT2D eigenvalue weighted by Crippen LogP contribution is 2.31. The molecule has 0 bridgehead atoms. The van der Waals surface area contributed by atoms with Crippen LogP contribution in [-0.2, 0) is 6.54 Å². The van der Waals surface area contributed by atoms with Crippen molar-refractivity contribution >= 4 is 39.7 Å². The summed E-state index contributed by atoms with van der Waals surface area (Å²) in [6.45, 7) is 4.52. The van der Waals surface area contributed by atoms with Gasteiger partial charge in [0.2, 0.25) is 0 Å². The van der Waals surface area contributed by atoms with E-state index in [0.717, 1.165) is 34.7 Å². The highest BCUT2D eigenvalue weighted by molar-refractivity contribution is 7.17. The topological polar surface area (TPSA) is 64.0 Å². The number of nitrogens with one attached hydrogen (secondary N) is 1. The molecule has 0 radical (unpaired) electrons. The molecule has 1 amide bonds. The Morgan fingerprint density at radius 3 is 2.69 bits per heavy atom. The van der Waals surface area contributed by atoms with Crippen molar-refractivity contribution in [2.24, 2.45) is 0 Å². The van der Waals surface area contributed by atoms with Gasteiger partial charge in [-0.3, -0.25) is 9.59 Å². The molecule has 0 fully saturated rings. The van der Waals surface area contributed by atoms with E-state index in [-0.39, 0.29) is 11.7 Å². The number of hydrogen-bond donors (Lipinski definition) is 1. The third-order valence-corrected chi connectivity index (χ3v) is 5.76. The summed E-state index contributed by atoms with van der Waals surface area (Å²) < 4.78 is 2.21. The van der Waals surface area contributed by atoms with E-state index < -0.39 is 0 Å². The lowest BCUT2D eigenvalue weighted by Gasteiger charge is -2.06. The van der Waals surface area contributed by atoms with Crippen molar-refractivity contribution in [3.05, 3.63) is 71.1 Å². The van der Waals surface area contributed by atoms with Crippen LogP contribution < -0.4 is 5.32 Å². The number of Topliss-reactive ketones (excluding diaryl/α,β-unsaturated/α-hetero) is 1. The predicted octanol–water partition coefficient (Wildman–Crippen LogP) is 5.63. The number of hydrogen-bond acceptors (Lipinski definition) is 4. The third kappa shape index (κ3) is 3.84. The minimum absolute atomic E-state index is 0.0330. The van der Waals surface area contributed by atoms with Gasteiger partial charge < -0.3 is 9.88 Å². The molecule has 0 aliphatic heterocycles. The number of aromatic nitrogens is 2. The number of rotatable bonds is 6. The van der Waals surface area contributed by atoms with Crippen LogP contribution >= 0.6 is 11.3 Å². The van der Waals surface area contributed by atoms with Crippen molar-refractivity contribution in [3.63, 3.8) is 0 Å². The van der Waals surface area contributed by atoms with Crippen molar-refractivity contribution in [1.29, 1.82) is 0 Å². The van der Waals surface area contributed by atoms with Gasteiger partial charge in [0.05, 0.1) is 20.8 Å². The van der Waals surface area contributed by atoms with Gasteiger partial charge in [0.25, 0.3) is 5.91 Å². The van der Waals surface area contributed by atoms with Gasteiger partial charge in [-0.25, -0.2) is 4.98 Å². The summed E-state index contributed by atoms with van der Waals surface area (Å²) in [7, 11) is 0. The Morgan fingerprint density at radius 1 is 1.07 bits per heavy atom. The molecule has 0 saturated carbocycles. The number of thiophene rings is 1. The van der Waals surface area contributed by atoms with Crippen LogP contribution in [0.2, 0.25) is 0 Å². The first-order valence-corrected chi connectivity index (χ1v) is 10.4. The number of amides is 1. The summed E-state index contributed by atoms with van der Waals surface area (Å²) in [5, 5.41) is 2.88. The Labute approximate surface area is 173 Å². The molecule has 146 valence electrons. The number of anilines is 1. The zero-order chi connectivity index (χ0) is 20.4. The Balaban J connectivity index is 1.62. The molecule has 4 rings (SSSR count). The first-order chi connectivity index (χ1) is 14.1. The van der Waals surface area contributed by atoms with Crippen molar-refractivity contribution in [2.45, 2.75) is 26.8 Å². The molecule has 0 saturated heterocycles. The smallest absolute Gasteiger partial charge is 0.265 e. The maximum atomic E-state index is 12.7. The van der Waals surface area contributed by atoms with Crippen LogP contribution in [0.4, 0.5) is 5.69 Å². The number of carbonyl (C=O) groups is 2. The Kier molecular flexibility index (Phi) is 5.27. The molecule has 5 nitrogen and oxygen atoms in total. The van der Waals surface area contributed by atoms with Crippen LogP contribution in [0.25, 0.3) is 21.7 Å². The van der Waals surface area contributed by atoms with Gasteiger partial charge in [-0.2, -0.15) is 0 Å². The van der Waals surface area contributed by atoms with E-state index in [1.54, 1.807) is 24.3 Å². The number of aryl methyl sites for hydroxylation is 1. The summed E-state index contributed by atoms with van der Waals surface area (Å²) in [6.07, 6.45) is 0.999. The van der Waals surface area contributed by atoms with Crippen LogP contribution in [0.1, 0.15) is 40.3 Å². The van der Waals surface area contributed by atoms with Gasteiger partial charge >= 0.3 is 0 Å². The first-order valence-electron chi connectivity index (χ1n) is 9.54. The quantitative estimate of drug-likeness (QED) is 0.424. The number of carbonyl (C=O) groups excluding carboxylic acids is 2. The minimum atomic E-state index is -0.194. The number of benzene rings is 2. The van der Waals surface area contributed by atoms with Gasteiger partial charge in [0, 0.05) is 17.8 Å². The fraction of sp³-hybridized carbons (Fsp3) is 0.174. The molecule has 0 atom stereocenters. The second kappa shape index (κ2) is 8.01. The minimum Gasteiger partial charge on any atom is -0.323 e. The van der Waals surface area contributed by atoms with Gasteiger partial charge in [0.1, 0.15) is 0 Å². The second-order valence-electron chi connectivity index (χ2n) is 6.83. The molecule has 0 unspecified atom stereocenters. The van der Waals surface area contributed by atoms with Crippen LogP contribution in [0.5, 0.6) is 0 Å². The SMILES string of the molecule is CCCn1c(-c2ccc(C(=O)Nc3cccc(C(C)=O)c3)s2)nc2ccccc21. The highest BCUT2D eigenvalue weighted by atomic mass is 32.1. The van der Waals surface area contributed by atoms with Crippen LogP contribution in [0.15, 0.2) is 60.7 Å². The van der Waals surface area contributed by atoms with E-state index in [1.165, 1.54) is 18.3 Å². The Morgan fingerprint density at radius 2 is 1.90 bits per heavy atom. The maximum Gasteiger partial charge on any atom is 0.265 e. The van der Waals surface area contributed by atoms with Crippen molar-refractivity contribution < 1.29 is 9.59 Å². The molecule has 0 aliphatic rings. The summed E-state index contributed by atoms with van der Waals surface area (Å²) in [4.78, 5) is 30.6. The molecule has 2 heterocycles. The largest absolute Gasteiger partial charge is 0.323 e. The van der Waals surface area contributed by atoms with E-state index in [2.05, 4.69) is 22.9 Å². The fourth-order valence-electron chi connectivity index (χ4n) is 3.30. The average molecular weight is 404 g/mol. The van der Waals surface area contributed by atoms with Crippen LogP contribution in [0.3, 0.4) is 0 Å². The monoisotopic (exact) mass is 403 g/mol. The fourth-order valence-corrected chi connectivity index (χ4v) is 4.20. The summed E-state index contributed by atoms with van der Waals surface area (Å²) in [5.74, 6) is 0.658. The molecule has 0 spiro atoms. The Hall–Kier alpha value is -3.25. The van der Waals surface area contributed by atoms with Crippen LogP contribution in [-0.4, -0.2) is 21.2 Å². The third-order valence-electron chi connectivity index (χ3n) is 4.68. The van der Waals surface area contributed by atoms with Crippen LogP contribution in [0, 0.1) is 0 Å². The van der Waals surface area contributed by atoms with E-state index in [0.29, 0.717) is 16.1 Å². The number of ketones is 1. The number of fused-ring (bicyclic) bond motifs is 1. The highest BCUT2D eigenvalue weighted by Gasteiger charge is 2.16. The molecule has 29 heavy (non-hydrogen) atoms. The van der Waals surface area contributed by atoms with Crippen molar-refractivity contribution in [2.75, 3.05) is 5.32 Å². The van der Waals surface area contributed by atoms with Gasteiger partial charge in [-0.05, 0) is 49.7 Å². The normalized spacial score (nSPS) is 11.0. The number of imidazole rings is 1. The van der Waals surface area contributed by atoms with E-state index in [1.807, 2.05) is 30.3 Å². The average Bonchev–Trinajstić information content (AvgIpc) is 3.34. The van der Waals surface area contributed by atoms with Gasteiger partial charge in [-0.1, -0.05) is 31.2 Å². The lowest BCUT2D eigenvalue weighted by atomic mass is 10.1. The molecule has 2 aromatic heterocycles. The number of nitrogens with zero attached hydrogens (tertiary/aromatic N) is 2. The maximum absolute atomic E-state index is 12.7. The van der Waals surface area contributed by atoms with Gasteiger partial charge in [-0.15, -0.1) is 11.3 Å². The lowest BCUT2D eigenvalue weighted by Crippen LogP contribution is -2.10. The molecule has 6 heteroatoms. The summed E-state index contributed by atoms with van der Waals surface area (Å²) >= 11 is 1.42. The van der Waals surface area contributed by atoms with E-state index in [4.69, 9.17) is 4.98 Å². The second-order valence-corrected chi connectivity index (χ2v) is 7.91. The molecular weight excluding hydrogens is 382 g/mol. The predicted molar refractivity (Wildman–Crippen MR) is 118 cm³/mol. The molecule has 2 aromatic carbocycles. The first kappa shape index (κ1) is 19.1. The molecule has 0 aliphatic carbocycles. The van der Waals surface area contributed by atoms with E-state index in [9.17, 15) is 9.59 Å². The van der Waals surface area contributed by atoms with Crippen molar-refractivity contribution in [3.8, 4) is 10.7 Å². The van der Waals surface area contributed by atoms with E-state index >= 15 is 0 Å². The molecule has 4 aromatic rings. The lowest BCUT2D eigenvalue weighted by molar-refractivity contribution is 0.101. The van der Waals surface area contributed by atoms with Crippen molar-refractivity contribution in [1.82, 2.24) is 9.55 Å².